The molecule has 0 bridgehead atoms. The molecule has 1 unspecified atom stereocenters. The molecule has 0 heterocycles. The maximum atomic E-state index is 13.5. The number of halogens is 2. The Morgan fingerprint density at radius 3 is 2.43 bits per heavy atom. The second kappa shape index (κ2) is 13.5. The third-order valence-corrected chi connectivity index (χ3v) is 7.15. The molecule has 1 fully saturated rings. The number of hydrogen-bond donors (Lipinski definition) is 1. The van der Waals surface area contributed by atoms with Crippen molar-refractivity contribution in [3.8, 4) is 11.5 Å². The molecular weight excluding hydrogens is 521 g/mol. The molecule has 2 aromatic rings. The average Bonchev–Trinajstić information content (AvgIpc) is 2.89. The molecule has 11 heteroatoms. The van der Waals surface area contributed by atoms with E-state index < -0.39 is 23.5 Å². The van der Waals surface area contributed by atoms with E-state index >= 15 is 0 Å². The van der Waals surface area contributed by atoms with E-state index in [1.807, 2.05) is 6.92 Å². The minimum atomic E-state index is -0.767. The Labute approximate surface area is 226 Å². The van der Waals surface area contributed by atoms with Gasteiger partial charge in [0.1, 0.15) is 11.8 Å². The summed E-state index contributed by atoms with van der Waals surface area (Å²) in [5.41, 5.74) is 0.307. The number of amides is 2. The van der Waals surface area contributed by atoms with Crippen LogP contribution in [-0.2, 0) is 16.1 Å². The Hall–Kier alpha value is -3.04. The number of carbonyl (C=O) groups excluding carboxylic acids is 2. The van der Waals surface area contributed by atoms with Gasteiger partial charge in [-0.25, -0.2) is 0 Å². The smallest absolute Gasteiger partial charge is 0.311 e. The van der Waals surface area contributed by atoms with Crippen molar-refractivity contribution in [3.63, 3.8) is 0 Å². The molecule has 0 radical (unpaired) electrons. The zero-order valence-corrected chi connectivity index (χ0v) is 22.4. The van der Waals surface area contributed by atoms with Gasteiger partial charge < -0.3 is 19.7 Å². The molecule has 3 rings (SSSR count). The highest BCUT2D eigenvalue weighted by Gasteiger charge is 2.31. The van der Waals surface area contributed by atoms with Crippen LogP contribution in [-0.4, -0.2) is 47.4 Å². The normalized spacial score (nSPS) is 14.5. The van der Waals surface area contributed by atoms with Gasteiger partial charge in [0.25, 0.3) is 5.91 Å². The Bertz CT molecular complexity index is 1100. The van der Waals surface area contributed by atoms with Crippen LogP contribution in [0.3, 0.4) is 0 Å². The first-order valence-electron chi connectivity index (χ1n) is 12.2. The molecule has 0 saturated heterocycles. The number of ether oxygens (including phenoxy) is 2. The molecule has 1 saturated carbocycles. The molecule has 2 amide bonds. The first-order chi connectivity index (χ1) is 17.7. The quantitative estimate of drug-likeness (QED) is 0.289. The number of benzene rings is 2. The van der Waals surface area contributed by atoms with Gasteiger partial charge in [-0.1, -0.05) is 55.5 Å². The van der Waals surface area contributed by atoms with E-state index in [-0.39, 0.29) is 35.7 Å². The average molecular weight is 552 g/mol. The summed E-state index contributed by atoms with van der Waals surface area (Å²) >= 11 is 12.8. The van der Waals surface area contributed by atoms with Gasteiger partial charge >= 0.3 is 5.69 Å². The molecule has 0 aliphatic heterocycles. The van der Waals surface area contributed by atoms with E-state index in [4.69, 9.17) is 32.7 Å². The van der Waals surface area contributed by atoms with Gasteiger partial charge in [0.05, 0.1) is 12.0 Å². The lowest BCUT2D eigenvalue weighted by Crippen LogP contribution is -2.52. The van der Waals surface area contributed by atoms with Crippen molar-refractivity contribution in [2.24, 2.45) is 0 Å². The fourth-order valence-corrected chi connectivity index (χ4v) is 4.96. The maximum absolute atomic E-state index is 13.5. The van der Waals surface area contributed by atoms with Gasteiger partial charge in [-0.05, 0) is 37.5 Å². The zero-order valence-electron chi connectivity index (χ0n) is 20.9. The Kier molecular flexibility index (Phi) is 10.4. The number of hydrogen-bond acceptors (Lipinski definition) is 6. The van der Waals surface area contributed by atoms with E-state index in [0.717, 1.165) is 32.1 Å². The molecule has 1 atom stereocenters. The predicted molar refractivity (Wildman–Crippen MR) is 141 cm³/mol. The Morgan fingerprint density at radius 2 is 1.84 bits per heavy atom. The summed E-state index contributed by atoms with van der Waals surface area (Å²) in [5, 5.41) is 15.0. The van der Waals surface area contributed by atoms with Crippen molar-refractivity contribution < 1.29 is 24.0 Å². The lowest BCUT2D eigenvalue weighted by Gasteiger charge is -2.33. The SMILES string of the molecule is CCC(C(=O)NC1CCCCC1)N(Cc1c(Cl)cccc1Cl)C(=O)COc1ccc([N+](=O)[O-])c(OC)c1. The van der Waals surface area contributed by atoms with Crippen LogP contribution in [0.5, 0.6) is 11.5 Å². The Morgan fingerprint density at radius 1 is 1.16 bits per heavy atom. The zero-order chi connectivity index (χ0) is 26.9. The van der Waals surface area contributed by atoms with Gasteiger partial charge in [0, 0.05) is 40.3 Å². The summed E-state index contributed by atoms with van der Waals surface area (Å²) in [6, 6.07) is 8.34. The summed E-state index contributed by atoms with van der Waals surface area (Å²) in [6.07, 6.45) is 5.48. The van der Waals surface area contributed by atoms with Gasteiger partial charge in [-0.2, -0.15) is 0 Å². The van der Waals surface area contributed by atoms with Gasteiger partial charge in [0.15, 0.2) is 6.61 Å². The highest BCUT2D eigenvalue weighted by Crippen LogP contribution is 2.31. The van der Waals surface area contributed by atoms with Crippen molar-refractivity contribution in [2.45, 2.75) is 64.1 Å². The predicted octanol–water partition coefficient (Wildman–Crippen LogP) is 5.55. The number of methoxy groups -OCH3 is 1. The number of rotatable bonds is 11. The lowest BCUT2D eigenvalue weighted by atomic mass is 9.95. The minimum absolute atomic E-state index is 0.00736. The third-order valence-electron chi connectivity index (χ3n) is 6.44. The molecule has 200 valence electrons. The molecule has 1 aliphatic carbocycles. The monoisotopic (exact) mass is 551 g/mol. The molecule has 2 aromatic carbocycles. The first-order valence-corrected chi connectivity index (χ1v) is 13.0. The lowest BCUT2D eigenvalue weighted by molar-refractivity contribution is -0.385. The van der Waals surface area contributed by atoms with E-state index in [1.165, 1.54) is 30.2 Å². The topological polar surface area (TPSA) is 111 Å². The molecule has 1 aliphatic rings. The van der Waals surface area contributed by atoms with Crippen LogP contribution in [0, 0.1) is 10.1 Å². The summed E-state index contributed by atoms with van der Waals surface area (Å²) in [5.74, 6) is -0.471. The van der Waals surface area contributed by atoms with Gasteiger partial charge in [-0.3, -0.25) is 19.7 Å². The molecule has 1 N–H and O–H groups in total. The van der Waals surface area contributed by atoms with E-state index in [1.54, 1.807) is 18.2 Å². The highest BCUT2D eigenvalue weighted by atomic mass is 35.5. The summed E-state index contributed by atoms with van der Waals surface area (Å²) in [7, 11) is 1.31. The molecule has 9 nitrogen and oxygen atoms in total. The number of nitro groups is 1. The third kappa shape index (κ3) is 7.49. The van der Waals surface area contributed by atoms with E-state index in [0.29, 0.717) is 22.0 Å². The summed E-state index contributed by atoms with van der Waals surface area (Å²) in [6.45, 7) is 1.44. The van der Waals surface area contributed by atoms with E-state index in [2.05, 4.69) is 5.32 Å². The molecular formula is C26H31Cl2N3O6. The molecule has 0 spiro atoms. The second-order valence-corrected chi connectivity index (χ2v) is 9.68. The van der Waals surface area contributed by atoms with Crippen LogP contribution in [0.15, 0.2) is 36.4 Å². The standard InChI is InChI=1S/C26H31Cl2N3O6/c1-3-22(26(33)29-17-8-5-4-6-9-17)30(15-19-20(27)10-7-11-21(19)28)25(32)16-37-18-12-13-23(31(34)35)24(14-18)36-2/h7,10-14,17,22H,3-6,8-9,15-16H2,1-2H3,(H,29,33). The van der Waals surface area contributed by atoms with Crippen LogP contribution in [0.4, 0.5) is 5.69 Å². The largest absolute Gasteiger partial charge is 0.490 e. The highest BCUT2D eigenvalue weighted by molar-refractivity contribution is 6.36. The van der Waals surface area contributed by atoms with Crippen LogP contribution in [0.2, 0.25) is 10.0 Å². The van der Waals surface area contributed by atoms with Gasteiger partial charge in [-0.15, -0.1) is 0 Å². The van der Waals surface area contributed by atoms with Crippen LogP contribution in [0.1, 0.15) is 51.0 Å². The fourth-order valence-electron chi connectivity index (χ4n) is 4.44. The number of nitrogens with one attached hydrogen (secondary N) is 1. The number of nitro benzene ring substituents is 1. The van der Waals surface area contributed by atoms with Crippen LogP contribution in [0.25, 0.3) is 0 Å². The van der Waals surface area contributed by atoms with Crippen molar-refractivity contribution in [1.29, 1.82) is 0 Å². The van der Waals surface area contributed by atoms with Crippen molar-refractivity contribution in [1.82, 2.24) is 10.2 Å². The van der Waals surface area contributed by atoms with Crippen LogP contribution >= 0.6 is 23.2 Å². The molecule has 37 heavy (non-hydrogen) atoms. The minimum Gasteiger partial charge on any atom is -0.490 e. The van der Waals surface area contributed by atoms with Crippen molar-refractivity contribution in [3.05, 3.63) is 62.1 Å². The first kappa shape index (κ1) is 28.5. The van der Waals surface area contributed by atoms with Crippen molar-refractivity contribution >= 4 is 40.7 Å². The fraction of sp³-hybridized carbons (Fsp3) is 0.462. The number of carbonyl (C=O) groups is 2. The second-order valence-electron chi connectivity index (χ2n) is 8.87. The Balaban J connectivity index is 1.82. The van der Waals surface area contributed by atoms with Crippen molar-refractivity contribution in [2.75, 3.05) is 13.7 Å². The maximum Gasteiger partial charge on any atom is 0.311 e. The van der Waals surface area contributed by atoms with E-state index in [9.17, 15) is 19.7 Å². The van der Waals surface area contributed by atoms with Gasteiger partial charge in [0.2, 0.25) is 11.7 Å². The number of nitrogens with zero attached hydrogens (tertiary/aromatic N) is 2. The summed E-state index contributed by atoms with van der Waals surface area (Å²) in [4.78, 5) is 38.8. The molecule has 0 aromatic heterocycles. The summed E-state index contributed by atoms with van der Waals surface area (Å²) < 4.78 is 10.7. The van der Waals surface area contributed by atoms with Crippen LogP contribution < -0.4 is 14.8 Å².